The van der Waals surface area contributed by atoms with E-state index >= 15 is 0 Å². The van der Waals surface area contributed by atoms with Gasteiger partial charge in [-0.05, 0) is 35.7 Å². The maximum Gasteiger partial charge on any atom is 0.303 e. The summed E-state index contributed by atoms with van der Waals surface area (Å²) in [5, 5.41) is 21.2. The first-order valence-corrected chi connectivity index (χ1v) is 7.27. The van der Waals surface area contributed by atoms with Crippen LogP contribution < -0.4 is 0 Å². The minimum atomic E-state index is -0.727. The van der Waals surface area contributed by atoms with Crippen molar-refractivity contribution in [3.63, 3.8) is 0 Å². The van der Waals surface area contributed by atoms with Crippen LogP contribution in [0.15, 0.2) is 36.4 Å². The molecule has 4 nitrogen and oxygen atoms in total. The summed E-state index contributed by atoms with van der Waals surface area (Å²) >= 11 is 0. The van der Waals surface area contributed by atoms with E-state index in [0.717, 1.165) is 35.8 Å². The number of phenols is 1. The summed E-state index contributed by atoms with van der Waals surface area (Å²) in [6.45, 7) is 2.35. The quantitative estimate of drug-likeness (QED) is 0.907. The summed E-state index contributed by atoms with van der Waals surface area (Å²) in [6, 6.07) is 11.7. The lowest BCUT2D eigenvalue weighted by Crippen LogP contribution is -2.21. The van der Waals surface area contributed by atoms with Gasteiger partial charge in [0.1, 0.15) is 5.75 Å². The van der Waals surface area contributed by atoms with Crippen LogP contribution in [0.2, 0.25) is 0 Å². The molecule has 2 aromatic rings. The Labute approximate surface area is 123 Å². The molecule has 2 N–H and O–H groups in total. The molecule has 0 bridgehead atoms. The summed E-state index contributed by atoms with van der Waals surface area (Å²) in [5.41, 5.74) is 0.934. The first-order valence-electron chi connectivity index (χ1n) is 7.27. The molecule has 0 radical (unpaired) electrons. The van der Waals surface area contributed by atoms with E-state index in [4.69, 9.17) is 5.11 Å². The number of carbonyl (C=O) groups is 1. The average Bonchev–Trinajstić information content (AvgIpc) is 2.88. The molecule has 1 unspecified atom stereocenters. The van der Waals surface area contributed by atoms with E-state index in [-0.39, 0.29) is 12.3 Å². The molecule has 0 aromatic heterocycles. The van der Waals surface area contributed by atoms with Gasteiger partial charge in [0, 0.05) is 25.1 Å². The Balaban J connectivity index is 1.79. The van der Waals surface area contributed by atoms with Gasteiger partial charge in [0.05, 0.1) is 0 Å². The highest BCUT2D eigenvalue weighted by atomic mass is 16.4. The molecule has 1 saturated heterocycles. The fourth-order valence-electron chi connectivity index (χ4n) is 3.18. The second-order valence-electron chi connectivity index (χ2n) is 5.77. The van der Waals surface area contributed by atoms with Gasteiger partial charge >= 0.3 is 5.97 Å². The maximum atomic E-state index is 10.8. The Bertz CT molecular complexity index is 668. The van der Waals surface area contributed by atoms with E-state index < -0.39 is 5.97 Å². The monoisotopic (exact) mass is 285 g/mol. The van der Waals surface area contributed by atoms with Gasteiger partial charge in [0.15, 0.2) is 0 Å². The Hall–Kier alpha value is -2.07. The molecular formula is C17H19NO3. The van der Waals surface area contributed by atoms with Crippen LogP contribution in [0.4, 0.5) is 0 Å². The number of phenolic OH excluding ortho intramolecular Hbond substituents is 1. The predicted octanol–water partition coefficient (Wildman–Crippen LogP) is 2.84. The second kappa shape index (κ2) is 5.74. The lowest BCUT2D eigenvalue weighted by molar-refractivity contribution is -0.138. The predicted molar refractivity (Wildman–Crippen MR) is 81.2 cm³/mol. The van der Waals surface area contributed by atoms with Crippen LogP contribution in [-0.4, -0.2) is 34.2 Å². The van der Waals surface area contributed by atoms with Crippen LogP contribution in [0.1, 0.15) is 18.4 Å². The smallest absolute Gasteiger partial charge is 0.303 e. The number of fused-ring (bicyclic) bond motifs is 1. The lowest BCUT2D eigenvalue weighted by Gasteiger charge is -2.18. The first kappa shape index (κ1) is 13.9. The van der Waals surface area contributed by atoms with Crippen molar-refractivity contribution in [2.75, 3.05) is 13.1 Å². The molecule has 0 spiro atoms. The highest BCUT2D eigenvalue weighted by Crippen LogP contribution is 2.30. The Morgan fingerprint density at radius 1 is 1.24 bits per heavy atom. The highest BCUT2D eigenvalue weighted by molar-refractivity contribution is 5.87. The number of aliphatic carboxylic acids is 1. The van der Waals surface area contributed by atoms with Crippen molar-refractivity contribution < 1.29 is 15.0 Å². The van der Waals surface area contributed by atoms with Crippen LogP contribution in [0, 0.1) is 5.92 Å². The van der Waals surface area contributed by atoms with Gasteiger partial charge in [0.25, 0.3) is 0 Å². The van der Waals surface area contributed by atoms with Crippen LogP contribution >= 0.6 is 0 Å². The Morgan fingerprint density at radius 3 is 2.86 bits per heavy atom. The fraction of sp³-hybridized carbons (Fsp3) is 0.353. The van der Waals surface area contributed by atoms with Gasteiger partial charge in [0.2, 0.25) is 0 Å². The third-order valence-corrected chi connectivity index (χ3v) is 4.23. The van der Waals surface area contributed by atoms with Crippen molar-refractivity contribution >= 4 is 16.7 Å². The molecule has 110 valence electrons. The summed E-state index contributed by atoms with van der Waals surface area (Å²) in [7, 11) is 0. The van der Waals surface area contributed by atoms with Gasteiger partial charge in [-0.15, -0.1) is 0 Å². The molecule has 1 heterocycles. The number of likely N-dealkylation sites (tertiary alicyclic amines) is 1. The van der Waals surface area contributed by atoms with Crippen molar-refractivity contribution in [2.45, 2.75) is 19.4 Å². The average molecular weight is 285 g/mol. The van der Waals surface area contributed by atoms with Crippen molar-refractivity contribution in [1.82, 2.24) is 4.90 Å². The Morgan fingerprint density at radius 2 is 2.05 bits per heavy atom. The second-order valence-corrected chi connectivity index (χ2v) is 5.77. The normalized spacial score (nSPS) is 19.1. The van der Waals surface area contributed by atoms with E-state index in [0.29, 0.717) is 12.3 Å². The van der Waals surface area contributed by atoms with Crippen molar-refractivity contribution in [3.05, 3.63) is 42.0 Å². The number of aromatic hydroxyl groups is 1. The minimum absolute atomic E-state index is 0.222. The van der Waals surface area contributed by atoms with E-state index in [2.05, 4.69) is 4.90 Å². The van der Waals surface area contributed by atoms with Gasteiger partial charge in [-0.2, -0.15) is 0 Å². The molecule has 2 aromatic carbocycles. The number of rotatable bonds is 4. The van der Waals surface area contributed by atoms with Crippen molar-refractivity contribution in [1.29, 1.82) is 0 Å². The molecule has 0 amide bonds. The van der Waals surface area contributed by atoms with Gasteiger partial charge in [-0.1, -0.05) is 30.3 Å². The minimum Gasteiger partial charge on any atom is -0.508 e. The fourth-order valence-corrected chi connectivity index (χ4v) is 3.18. The molecule has 1 atom stereocenters. The van der Waals surface area contributed by atoms with Crippen LogP contribution in [0.3, 0.4) is 0 Å². The van der Waals surface area contributed by atoms with Crippen molar-refractivity contribution in [3.8, 4) is 5.75 Å². The highest BCUT2D eigenvalue weighted by Gasteiger charge is 2.25. The molecule has 4 heteroatoms. The number of hydrogen-bond donors (Lipinski definition) is 2. The third-order valence-electron chi connectivity index (χ3n) is 4.23. The standard InChI is InChI=1S/C17H19NO3/c19-16-6-5-13-3-1-2-4-14(13)15(16)11-18-8-7-12(10-18)9-17(20)21/h1-6,12,19H,7-11H2,(H,20,21). The summed E-state index contributed by atoms with van der Waals surface area (Å²) in [5.74, 6) is -0.190. The summed E-state index contributed by atoms with van der Waals surface area (Å²) in [6.07, 6.45) is 1.15. The van der Waals surface area contributed by atoms with E-state index in [9.17, 15) is 9.90 Å². The third kappa shape index (κ3) is 3.00. The molecule has 21 heavy (non-hydrogen) atoms. The van der Waals surface area contributed by atoms with Crippen LogP contribution in [0.5, 0.6) is 5.75 Å². The van der Waals surface area contributed by atoms with Crippen LogP contribution in [-0.2, 0) is 11.3 Å². The number of benzene rings is 2. The van der Waals surface area contributed by atoms with Gasteiger partial charge in [-0.3, -0.25) is 9.69 Å². The van der Waals surface area contributed by atoms with Crippen LogP contribution in [0.25, 0.3) is 10.8 Å². The molecule has 1 aliphatic heterocycles. The number of carboxylic acids is 1. The molecule has 0 saturated carbocycles. The summed E-state index contributed by atoms with van der Waals surface area (Å²) < 4.78 is 0. The molecule has 3 rings (SSSR count). The van der Waals surface area contributed by atoms with Crippen molar-refractivity contribution in [2.24, 2.45) is 5.92 Å². The van der Waals surface area contributed by atoms with E-state index in [1.54, 1.807) is 6.07 Å². The number of nitrogens with zero attached hydrogens (tertiary/aromatic N) is 1. The SMILES string of the molecule is O=C(O)CC1CCN(Cc2c(O)ccc3ccccc23)C1. The number of carboxylic acid groups (broad SMARTS) is 1. The molecular weight excluding hydrogens is 266 g/mol. The molecule has 1 fully saturated rings. The maximum absolute atomic E-state index is 10.8. The lowest BCUT2D eigenvalue weighted by atomic mass is 10.0. The van der Waals surface area contributed by atoms with E-state index in [1.807, 2.05) is 30.3 Å². The van der Waals surface area contributed by atoms with E-state index in [1.165, 1.54) is 0 Å². The molecule has 0 aliphatic carbocycles. The zero-order chi connectivity index (χ0) is 14.8. The zero-order valence-corrected chi connectivity index (χ0v) is 11.8. The Kier molecular flexibility index (Phi) is 3.80. The largest absolute Gasteiger partial charge is 0.508 e. The van der Waals surface area contributed by atoms with Gasteiger partial charge in [-0.25, -0.2) is 0 Å². The summed E-state index contributed by atoms with van der Waals surface area (Å²) in [4.78, 5) is 13.0. The zero-order valence-electron chi connectivity index (χ0n) is 11.8. The molecule has 1 aliphatic rings. The first-order chi connectivity index (χ1) is 10.1. The number of hydrogen-bond acceptors (Lipinski definition) is 3. The van der Waals surface area contributed by atoms with Gasteiger partial charge < -0.3 is 10.2 Å². The topological polar surface area (TPSA) is 60.8 Å².